The van der Waals surface area contributed by atoms with Crippen molar-refractivity contribution >= 4 is 17.9 Å². The van der Waals surface area contributed by atoms with Crippen LogP contribution < -0.4 is 14.2 Å². The maximum absolute atomic E-state index is 12.3. The average Bonchev–Trinajstić information content (AvgIpc) is 2.70. The van der Waals surface area contributed by atoms with Crippen LogP contribution >= 0.6 is 0 Å². The largest absolute Gasteiger partial charge is 0.508 e. The minimum absolute atomic E-state index is 0.0508. The van der Waals surface area contributed by atoms with Gasteiger partial charge in [-0.1, -0.05) is 0 Å². The smallest absolute Gasteiger partial charge is 0.343 e. The summed E-state index contributed by atoms with van der Waals surface area (Å²) < 4.78 is 15.6. The van der Waals surface area contributed by atoms with E-state index in [0.717, 1.165) is 0 Å². The van der Waals surface area contributed by atoms with Crippen LogP contribution in [0.4, 0.5) is 0 Å². The van der Waals surface area contributed by atoms with Crippen LogP contribution in [0.5, 0.6) is 23.0 Å². The summed E-state index contributed by atoms with van der Waals surface area (Å²) in [6, 6.07) is 16.3. The van der Waals surface area contributed by atoms with E-state index in [1.165, 1.54) is 67.6 Å². The first-order valence-electron chi connectivity index (χ1n) is 8.94. The second kappa shape index (κ2) is 8.91. The third kappa shape index (κ3) is 5.23. The minimum Gasteiger partial charge on any atom is -0.508 e. The Labute approximate surface area is 172 Å². The van der Waals surface area contributed by atoms with Crippen LogP contribution in [-0.4, -0.2) is 23.0 Å². The summed E-state index contributed by atoms with van der Waals surface area (Å²) in [5.74, 6) is -0.630. The molecule has 0 amide bonds. The van der Waals surface area contributed by atoms with Crippen molar-refractivity contribution in [3.63, 3.8) is 0 Å². The van der Waals surface area contributed by atoms with Crippen LogP contribution in [0.3, 0.4) is 0 Å². The molecule has 7 nitrogen and oxygen atoms in total. The van der Waals surface area contributed by atoms with Crippen molar-refractivity contribution in [2.75, 3.05) is 0 Å². The van der Waals surface area contributed by atoms with E-state index >= 15 is 0 Å². The SMILES string of the molecule is CC(=O)Oc1ccc(C(=O)Oc2ccc(OC(=O)c3ccc(O)cc3)c(C)c2)cc1. The summed E-state index contributed by atoms with van der Waals surface area (Å²) in [6.45, 7) is 3.00. The second-order valence-corrected chi connectivity index (χ2v) is 6.37. The van der Waals surface area contributed by atoms with Crippen LogP contribution in [0.2, 0.25) is 0 Å². The zero-order chi connectivity index (χ0) is 21.7. The molecule has 1 N–H and O–H groups in total. The number of phenolic OH excluding ortho intramolecular Hbond substituents is 1. The van der Waals surface area contributed by atoms with E-state index < -0.39 is 17.9 Å². The van der Waals surface area contributed by atoms with E-state index in [2.05, 4.69) is 0 Å². The summed E-state index contributed by atoms with van der Waals surface area (Å²) in [7, 11) is 0. The van der Waals surface area contributed by atoms with E-state index in [4.69, 9.17) is 14.2 Å². The molecule has 0 aromatic heterocycles. The maximum Gasteiger partial charge on any atom is 0.343 e. The molecule has 0 spiro atoms. The van der Waals surface area contributed by atoms with Gasteiger partial charge < -0.3 is 19.3 Å². The van der Waals surface area contributed by atoms with Crippen LogP contribution in [0, 0.1) is 6.92 Å². The molecule has 3 rings (SSSR count). The van der Waals surface area contributed by atoms with Crippen LogP contribution in [-0.2, 0) is 4.79 Å². The zero-order valence-electron chi connectivity index (χ0n) is 16.2. The van der Waals surface area contributed by atoms with Gasteiger partial charge in [0.25, 0.3) is 0 Å². The maximum atomic E-state index is 12.3. The van der Waals surface area contributed by atoms with Gasteiger partial charge in [-0.2, -0.15) is 0 Å². The number of ether oxygens (including phenoxy) is 3. The van der Waals surface area contributed by atoms with Gasteiger partial charge >= 0.3 is 17.9 Å². The fraction of sp³-hybridized carbons (Fsp3) is 0.0870. The number of esters is 3. The van der Waals surface area contributed by atoms with Gasteiger partial charge in [-0.3, -0.25) is 4.79 Å². The first-order chi connectivity index (χ1) is 14.3. The van der Waals surface area contributed by atoms with Gasteiger partial charge in [0.15, 0.2) is 0 Å². The van der Waals surface area contributed by atoms with Crippen molar-refractivity contribution in [2.45, 2.75) is 13.8 Å². The van der Waals surface area contributed by atoms with Crippen molar-refractivity contribution in [2.24, 2.45) is 0 Å². The van der Waals surface area contributed by atoms with E-state index in [0.29, 0.717) is 22.6 Å². The number of hydrogen-bond acceptors (Lipinski definition) is 7. The van der Waals surface area contributed by atoms with Gasteiger partial charge in [-0.05, 0) is 79.2 Å². The topological polar surface area (TPSA) is 99.1 Å². The Morgan fingerprint density at radius 3 is 1.80 bits per heavy atom. The third-order valence-corrected chi connectivity index (χ3v) is 4.01. The van der Waals surface area contributed by atoms with Gasteiger partial charge in [0.1, 0.15) is 23.0 Å². The minimum atomic E-state index is -0.586. The van der Waals surface area contributed by atoms with Crippen molar-refractivity contribution in [1.82, 2.24) is 0 Å². The highest BCUT2D eigenvalue weighted by Gasteiger charge is 2.13. The molecule has 152 valence electrons. The highest BCUT2D eigenvalue weighted by atomic mass is 16.5. The Bertz CT molecular complexity index is 1080. The molecule has 0 fully saturated rings. The fourth-order valence-electron chi connectivity index (χ4n) is 2.55. The molecule has 0 aliphatic rings. The van der Waals surface area contributed by atoms with Crippen LogP contribution in [0.1, 0.15) is 33.2 Å². The van der Waals surface area contributed by atoms with Crippen LogP contribution in [0.15, 0.2) is 66.7 Å². The number of hydrogen-bond donors (Lipinski definition) is 1. The summed E-state index contributed by atoms with van der Waals surface area (Å²) in [6.07, 6.45) is 0. The lowest BCUT2D eigenvalue weighted by atomic mass is 10.2. The molecule has 7 heteroatoms. The van der Waals surface area contributed by atoms with E-state index in [9.17, 15) is 19.5 Å². The zero-order valence-corrected chi connectivity index (χ0v) is 16.2. The Balaban J connectivity index is 1.66. The third-order valence-electron chi connectivity index (χ3n) is 4.01. The van der Waals surface area contributed by atoms with Crippen molar-refractivity contribution in [1.29, 1.82) is 0 Å². The van der Waals surface area contributed by atoms with Crippen LogP contribution in [0.25, 0.3) is 0 Å². The lowest BCUT2D eigenvalue weighted by molar-refractivity contribution is -0.131. The van der Waals surface area contributed by atoms with E-state index in [-0.39, 0.29) is 17.1 Å². The number of benzene rings is 3. The van der Waals surface area contributed by atoms with Crippen molar-refractivity contribution < 1.29 is 33.7 Å². The van der Waals surface area contributed by atoms with Crippen molar-refractivity contribution in [3.05, 3.63) is 83.4 Å². The summed E-state index contributed by atoms with van der Waals surface area (Å²) in [5, 5.41) is 9.29. The molecular formula is C23H18O7. The lowest BCUT2D eigenvalue weighted by Crippen LogP contribution is -2.10. The first kappa shape index (κ1) is 20.6. The highest BCUT2D eigenvalue weighted by molar-refractivity contribution is 5.92. The number of aryl methyl sites for hydroxylation is 1. The number of aromatic hydroxyl groups is 1. The second-order valence-electron chi connectivity index (χ2n) is 6.37. The lowest BCUT2D eigenvalue weighted by Gasteiger charge is -2.10. The standard InChI is InChI=1S/C23H18O7/c1-14-13-20(29-22(26)17-5-9-19(10-6-17)28-15(2)24)11-12-21(14)30-23(27)16-3-7-18(25)8-4-16/h3-13,25H,1-2H3. The average molecular weight is 406 g/mol. The number of phenols is 1. The van der Waals surface area contributed by atoms with Gasteiger partial charge in [0.2, 0.25) is 0 Å². The molecule has 0 atom stereocenters. The molecule has 0 saturated heterocycles. The predicted octanol–water partition coefficient (Wildman–Crippen LogP) is 4.06. The van der Waals surface area contributed by atoms with E-state index in [1.54, 1.807) is 13.0 Å². The molecule has 3 aromatic carbocycles. The molecule has 0 aliphatic heterocycles. The fourth-order valence-corrected chi connectivity index (χ4v) is 2.55. The number of rotatable bonds is 5. The summed E-state index contributed by atoms with van der Waals surface area (Å²) in [4.78, 5) is 35.4. The summed E-state index contributed by atoms with van der Waals surface area (Å²) >= 11 is 0. The normalized spacial score (nSPS) is 10.2. The van der Waals surface area contributed by atoms with E-state index in [1.807, 2.05) is 0 Å². The molecule has 3 aromatic rings. The molecule has 0 saturated carbocycles. The van der Waals surface area contributed by atoms with Gasteiger partial charge in [0, 0.05) is 6.92 Å². The molecule has 0 bridgehead atoms. The van der Waals surface area contributed by atoms with Crippen molar-refractivity contribution in [3.8, 4) is 23.0 Å². The summed E-state index contributed by atoms with van der Waals surface area (Å²) in [5.41, 5.74) is 1.17. The molecule has 0 aliphatic carbocycles. The molecule has 0 heterocycles. The Morgan fingerprint density at radius 1 is 0.700 bits per heavy atom. The first-order valence-corrected chi connectivity index (χ1v) is 8.94. The van der Waals surface area contributed by atoms with Gasteiger partial charge in [0.05, 0.1) is 11.1 Å². The molecular weight excluding hydrogens is 388 g/mol. The Kier molecular flexibility index (Phi) is 6.12. The quantitative estimate of drug-likeness (QED) is 0.504. The Morgan fingerprint density at radius 2 is 1.23 bits per heavy atom. The van der Waals surface area contributed by atoms with Gasteiger partial charge in [-0.25, -0.2) is 9.59 Å². The number of carbonyl (C=O) groups excluding carboxylic acids is 3. The number of carbonyl (C=O) groups is 3. The molecule has 30 heavy (non-hydrogen) atoms. The van der Waals surface area contributed by atoms with Gasteiger partial charge in [-0.15, -0.1) is 0 Å². The molecule has 0 radical (unpaired) electrons. The predicted molar refractivity (Wildman–Crippen MR) is 107 cm³/mol. The highest BCUT2D eigenvalue weighted by Crippen LogP contribution is 2.25. The molecule has 0 unspecified atom stereocenters. The monoisotopic (exact) mass is 406 g/mol. The Hall–Kier alpha value is -4.13.